The van der Waals surface area contributed by atoms with E-state index in [-0.39, 0.29) is 43.1 Å². The summed E-state index contributed by atoms with van der Waals surface area (Å²) < 4.78 is 5.23. The monoisotopic (exact) mass is 360 g/mol. The molecule has 0 bridgehead atoms. The SMILES string of the molecule is CCCCCCCCOC(=O)C([NH3+])CCCNC(N)[NH3+].[Cl-].[Cl-]. The Morgan fingerprint density at radius 3 is 2.27 bits per heavy atom. The molecule has 0 aromatic carbocycles. The quantitative estimate of drug-likeness (QED) is 0.148. The van der Waals surface area contributed by atoms with Crippen LogP contribution in [0.1, 0.15) is 58.3 Å². The summed E-state index contributed by atoms with van der Waals surface area (Å²) in [6.07, 6.45) is 8.48. The molecule has 0 saturated heterocycles. The average Bonchev–Trinajstić information content (AvgIpc) is 2.41. The Hall–Kier alpha value is -0.110. The number of hydrogen-bond acceptors (Lipinski definition) is 4. The van der Waals surface area contributed by atoms with E-state index in [4.69, 9.17) is 10.5 Å². The minimum absolute atomic E-state index is 0. The van der Waals surface area contributed by atoms with Crippen LogP contribution in [0.4, 0.5) is 0 Å². The van der Waals surface area contributed by atoms with Crippen LogP contribution in [0.25, 0.3) is 0 Å². The van der Waals surface area contributed by atoms with Crippen molar-refractivity contribution in [2.24, 2.45) is 5.73 Å². The van der Waals surface area contributed by atoms with Gasteiger partial charge in [0.25, 0.3) is 0 Å². The van der Waals surface area contributed by atoms with Gasteiger partial charge >= 0.3 is 5.97 Å². The Morgan fingerprint density at radius 1 is 1.09 bits per heavy atom. The summed E-state index contributed by atoms with van der Waals surface area (Å²) in [5.41, 5.74) is 12.9. The van der Waals surface area contributed by atoms with E-state index in [0.29, 0.717) is 6.61 Å². The first kappa shape index (κ1) is 26.8. The summed E-state index contributed by atoms with van der Waals surface area (Å²) in [6.45, 7) is 3.48. The third-order valence-electron chi connectivity index (χ3n) is 3.21. The molecule has 8 heteroatoms. The van der Waals surface area contributed by atoms with Crippen molar-refractivity contribution in [1.29, 1.82) is 0 Å². The van der Waals surface area contributed by atoms with Crippen LogP contribution in [-0.2, 0) is 9.53 Å². The number of carbonyl (C=O) groups excluding carboxylic acids is 1. The average molecular weight is 361 g/mol. The molecule has 0 aromatic rings. The minimum atomic E-state index is -0.280. The molecule has 6 nitrogen and oxygen atoms in total. The van der Waals surface area contributed by atoms with Gasteiger partial charge in [0.2, 0.25) is 0 Å². The van der Waals surface area contributed by atoms with Crippen LogP contribution < -0.4 is 47.3 Å². The zero-order chi connectivity index (χ0) is 15.2. The van der Waals surface area contributed by atoms with Crippen molar-refractivity contribution >= 4 is 5.97 Å². The van der Waals surface area contributed by atoms with Gasteiger partial charge in [-0.05, 0) is 12.8 Å². The number of quaternary nitrogens is 2. The Bertz CT molecular complexity index is 247. The molecule has 0 fully saturated rings. The van der Waals surface area contributed by atoms with E-state index in [1.54, 1.807) is 0 Å². The number of ether oxygens (including phenoxy) is 1. The van der Waals surface area contributed by atoms with Crippen molar-refractivity contribution in [2.75, 3.05) is 13.2 Å². The van der Waals surface area contributed by atoms with Gasteiger partial charge in [-0.25, -0.2) is 4.79 Å². The van der Waals surface area contributed by atoms with Crippen LogP contribution in [0.15, 0.2) is 0 Å². The molecule has 22 heavy (non-hydrogen) atoms. The molecular formula is C14H34Cl2N4O2. The number of nitrogens with one attached hydrogen (secondary N) is 1. The summed E-state index contributed by atoms with van der Waals surface area (Å²) in [4.78, 5) is 11.7. The van der Waals surface area contributed by atoms with Crippen LogP contribution in [0.3, 0.4) is 0 Å². The number of esters is 1. The molecule has 0 aliphatic rings. The highest BCUT2D eigenvalue weighted by molar-refractivity contribution is 5.73. The first-order chi connectivity index (χ1) is 9.57. The molecule has 0 aliphatic heterocycles. The minimum Gasteiger partial charge on any atom is -1.00 e. The van der Waals surface area contributed by atoms with Crippen molar-refractivity contribution < 1.29 is 45.8 Å². The lowest BCUT2D eigenvalue weighted by atomic mass is 10.1. The predicted molar refractivity (Wildman–Crippen MR) is 79.1 cm³/mol. The lowest BCUT2D eigenvalue weighted by molar-refractivity contribution is -0.427. The number of carbonyl (C=O) groups is 1. The van der Waals surface area contributed by atoms with Crippen LogP contribution in [0.2, 0.25) is 0 Å². The van der Waals surface area contributed by atoms with Crippen LogP contribution >= 0.6 is 0 Å². The first-order valence-electron chi connectivity index (χ1n) is 7.89. The van der Waals surface area contributed by atoms with Crippen molar-refractivity contribution in [3.05, 3.63) is 0 Å². The summed E-state index contributed by atoms with van der Waals surface area (Å²) in [6, 6.07) is -0.280. The predicted octanol–water partition coefficient (Wildman–Crippen LogP) is -6.64. The summed E-state index contributed by atoms with van der Waals surface area (Å²) >= 11 is 0. The topological polar surface area (TPSA) is 120 Å². The van der Waals surface area contributed by atoms with Gasteiger partial charge in [-0.1, -0.05) is 39.0 Å². The molecule has 0 heterocycles. The molecule has 0 amide bonds. The van der Waals surface area contributed by atoms with Crippen LogP contribution in [0, 0.1) is 0 Å². The fourth-order valence-electron chi connectivity index (χ4n) is 1.93. The molecule has 0 saturated carbocycles. The molecule has 2 atom stereocenters. The molecule has 9 N–H and O–H groups in total. The zero-order valence-electron chi connectivity index (χ0n) is 13.8. The van der Waals surface area contributed by atoms with Gasteiger partial charge < -0.3 is 41.0 Å². The lowest BCUT2D eigenvalue weighted by Crippen LogP contribution is -3.00. The largest absolute Gasteiger partial charge is 1.00 e. The maximum absolute atomic E-state index is 11.7. The standard InChI is InChI=1S/C14H32N4O2.2ClH/c1-2-3-4-5-6-7-11-20-13(19)12(15)9-8-10-18-14(16)17;;/h12,14,18H,2-11,15-17H2,1H3;2*1H. The van der Waals surface area contributed by atoms with Gasteiger partial charge in [0.15, 0.2) is 12.3 Å². The molecule has 136 valence electrons. The van der Waals surface area contributed by atoms with E-state index >= 15 is 0 Å². The van der Waals surface area contributed by atoms with Gasteiger partial charge in [-0.3, -0.25) is 11.1 Å². The number of hydrogen-bond donors (Lipinski definition) is 4. The maximum atomic E-state index is 11.7. The fourth-order valence-corrected chi connectivity index (χ4v) is 1.93. The lowest BCUT2D eigenvalue weighted by Gasteiger charge is -2.10. The van der Waals surface area contributed by atoms with E-state index in [0.717, 1.165) is 32.2 Å². The van der Waals surface area contributed by atoms with Gasteiger partial charge in [0, 0.05) is 13.0 Å². The molecule has 0 rings (SSSR count). The zero-order valence-corrected chi connectivity index (χ0v) is 15.3. The highest BCUT2D eigenvalue weighted by Gasteiger charge is 2.18. The second-order valence-corrected chi connectivity index (χ2v) is 5.34. The Kier molecular flexibility index (Phi) is 23.0. The van der Waals surface area contributed by atoms with Gasteiger partial charge in [-0.15, -0.1) is 0 Å². The van der Waals surface area contributed by atoms with Gasteiger partial charge in [0.1, 0.15) is 0 Å². The number of halogens is 2. The van der Waals surface area contributed by atoms with E-state index in [2.05, 4.69) is 23.7 Å². The van der Waals surface area contributed by atoms with Crippen molar-refractivity contribution in [2.45, 2.75) is 70.6 Å². The highest BCUT2D eigenvalue weighted by atomic mass is 35.5. The van der Waals surface area contributed by atoms with Gasteiger partial charge in [0.05, 0.1) is 6.61 Å². The molecule has 2 unspecified atom stereocenters. The Morgan fingerprint density at radius 2 is 1.68 bits per heavy atom. The smallest absolute Gasteiger partial charge is 0.364 e. The summed E-state index contributed by atoms with van der Waals surface area (Å²) in [5, 5.41) is 3.00. The third-order valence-corrected chi connectivity index (χ3v) is 3.21. The molecular weight excluding hydrogens is 327 g/mol. The third kappa shape index (κ3) is 17.9. The molecule has 0 spiro atoms. The normalized spacial score (nSPS) is 12.7. The van der Waals surface area contributed by atoms with E-state index in [1.165, 1.54) is 25.7 Å². The van der Waals surface area contributed by atoms with E-state index < -0.39 is 0 Å². The van der Waals surface area contributed by atoms with E-state index in [9.17, 15) is 4.79 Å². The second kappa shape index (κ2) is 18.9. The number of rotatable bonds is 13. The van der Waals surface area contributed by atoms with Crippen LogP contribution in [0.5, 0.6) is 0 Å². The highest BCUT2D eigenvalue weighted by Crippen LogP contribution is 2.05. The van der Waals surface area contributed by atoms with E-state index in [1.807, 2.05) is 0 Å². The first-order valence-corrected chi connectivity index (χ1v) is 7.89. The van der Waals surface area contributed by atoms with Crippen molar-refractivity contribution in [3.63, 3.8) is 0 Å². The maximum Gasteiger partial charge on any atom is 0.364 e. The Labute approximate surface area is 147 Å². The molecule has 0 radical (unpaired) electrons. The van der Waals surface area contributed by atoms with Crippen molar-refractivity contribution in [3.8, 4) is 0 Å². The van der Waals surface area contributed by atoms with Gasteiger partial charge in [-0.2, -0.15) is 0 Å². The Balaban J connectivity index is -0.00000180. The second-order valence-electron chi connectivity index (χ2n) is 5.34. The summed E-state index contributed by atoms with van der Waals surface area (Å²) in [5.74, 6) is -0.183. The number of nitrogens with two attached hydrogens (primary N) is 1. The van der Waals surface area contributed by atoms with Crippen molar-refractivity contribution in [1.82, 2.24) is 5.32 Å². The summed E-state index contributed by atoms with van der Waals surface area (Å²) in [7, 11) is 0. The fraction of sp³-hybridized carbons (Fsp3) is 0.929. The van der Waals surface area contributed by atoms with Crippen LogP contribution in [-0.4, -0.2) is 31.5 Å². The molecule has 0 aromatic heterocycles. The molecule has 0 aliphatic carbocycles. The number of unbranched alkanes of at least 4 members (excludes halogenated alkanes) is 5.